The lowest BCUT2D eigenvalue weighted by atomic mass is 9.78. The smallest absolute Gasteiger partial charge is 0.0768 e. The first-order chi connectivity index (χ1) is 7.68. The highest BCUT2D eigenvalue weighted by atomic mass is 32.1. The molecule has 0 aromatic heterocycles. The van der Waals surface area contributed by atoms with Gasteiger partial charge in [0.15, 0.2) is 0 Å². The van der Waals surface area contributed by atoms with Gasteiger partial charge in [-0.2, -0.15) is 0 Å². The Labute approximate surface area is 105 Å². The summed E-state index contributed by atoms with van der Waals surface area (Å²) in [5.41, 5.74) is 5.73. The Morgan fingerprint density at radius 2 is 2.00 bits per heavy atom. The molecule has 2 aliphatic rings. The van der Waals surface area contributed by atoms with Gasteiger partial charge in [0.05, 0.1) is 4.99 Å². The zero-order valence-corrected chi connectivity index (χ0v) is 11.1. The molecule has 2 N–H and O–H groups in total. The molecule has 1 saturated heterocycles. The number of piperidine rings is 1. The zero-order chi connectivity index (χ0) is 11.5. The number of likely N-dealkylation sites (tertiary alicyclic amines) is 1. The van der Waals surface area contributed by atoms with Crippen LogP contribution in [0.3, 0.4) is 0 Å². The van der Waals surface area contributed by atoms with Crippen LogP contribution in [0.4, 0.5) is 0 Å². The van der Waals surface area contributed by atoms with E-state index in [1.54, 1.807) is 0 Å². The molecule has 0 amide bonds. The lowest BCUT2D eigenvalue weighted by molar-refractivity contribution is 0.0562. The van der Waals surface area contributed by atoms with Crippen molar-refractivity contribution in [3.63, 3.8) is 0 Å². The van der Waals surface area contributed by atoms with Crippen LogP contribution in [-0.2, 0) is 0 Å². The first-order valence-electron chi connectivity index (χ1n) is 6.72. The number of nitrogens with two attached hydrogens (primary N) is 1. The average molecular weight is 240 g/mol. The van der Waals surface area contributed by atoms with Crippen molar-refractivity contribution >= 4 is 17.2 Å². The maximum absolute atomic E-state index is 5.73. The van der Waals surface area contributed by atoms with E-state index >= 15 is 0 Å². The van der Waals surface area contributed by atoms with E-state index in [9.17, 15) is 0 Å². The fourth-order valence-corrected chi connectivity index (χ4v) is 3.47. The highest BCUT2D eigenvalue weighted by Crippen LogP contribution is 2.35. The van der Waals surface area contributed by atoms with Crippen LogP contribution in [-0.4, -0.2) is 29.0 Å². The van der Waals surface area contributed by atoms with Gasteiger partial charge in [0.25, 0.3) is 0 Å². The molecule has 0 bridgehead atoms. The van der Waals surface area contributed by atoms with Crippen molar-refractivity contribution in [1.29, 1.82) is 0 Å². The molecule has 3 atom stereocenters. The summed E-state index contributed by atoms with van der Waals surface area (Å²) in [5.74, 6) is 1.33. The highest BCUT2D eigenvalue weighted by molar-refractivity contribution is 7.80. The molecule has 0 aromatic carbocycles. The normalized spacial score (nSPS) is 33.1. The topological polar surface area (TPSA) is 29.3 Å². The minimum absolute atomic E-state index is 0.371. The third-order valence-electron chi connectivity index (χ3n) is 4.35. The van der Waals surface area contributed by atoms with Gasteiger partial charge >= 0.3 is 0 Å². The van der Waals surface area contributed by atoms with Crippen molar-refractivity contribution in [1.82, 2.24) is 4.90 Å². The van der Waals surface area contributed by atoms with Crippen molar-refractivity contribution in [3.8, 4) is 0 Å². The monoisotopic (exact) mass is 240 g/mol. The summed E-state index contributed by atoms with van der Waals surface area (Å²) in [6.07, 6.45) is 8.52. The summed E-state index contributed by atoms with van der Waals surface area (Å²) in [4.78, 5) is 3.34. The Kier molecular flexibility index (Phi) is 4.20. The van der Waals surface area contributed by atoms with E-state index in [0.717, 1.165) is 18.5 Å². The molecule has 1 aliphatic heterocycles. The van der Waals surface area contributed by atoms with Crippen LogP contribution in [0.5, 0.6) is 0 Å². The largest absolute Gasteiger partial charge is 0.393 e. The number of rotatable bonds is 3. The zero-order valence-electron chi connectivity index (χ0n) is 10.3. The van der Waals surface area contributed by atoms with Gasteiger partial charge in [-0.25, -0.2) is 0 Å². The number of hydrogen-bond acceptors (Lipinski definition) is 2. The van der Waals surface area contributed by atoms with E-state index in [1.807, 2.05) is 0 Å². The molecular weight excluding hydrogens is 216 g/mol. The summed E-state index contributed by atoms with van der Waals surface area (Å²) < 4.78 is 0. The Balaban J connectivity index is 1.94. The molecule has 0 radical (unpaired) electrons. The van der Waals surface area contributed by atoms with Crippen molar-refractivity contribution in [3.05, 3.63) is 0 Å². The summed E-state index contributed by atoms with van der Waals surface area (Å²) in [6.45, 7) is 4.50. The molecule has 1 unspecified atom stereocenters. The lowest BCUT2D eigenvalue weighted by Crippen LogP contribution is -2.49. The van der Waals surface area contributed by atoms with Crippen LogP contribution in [0.15, 0.2) is 0 Å². The number of nitrogens with zero attached hydrogens (tertiary/aromatic N) is 1. The summed E-state index contributed by atoms with van der Waals surface area (Å²) in [5, 5.41) is 0. The predicted octanol–water partition coefficient (Wildman–Crippen LogP) is 2.56. The van der Waals surface area contributed by atoms with Crippen LogP contribution in [0.2, 0.25) is 0 Å². The molecule has 16 heavy (non-hydrogen) atoms. The number of fused-ring (bicyclic) bond motifs is 1. The van der Waals surface area contributed by atoms with Crippen molar-refractivity contribution in [2.24, 2.45) is 17.6 Å². The van der Waals surface area contributed by atoms with Crippen molar-refractivity contribution in [2.45, 2.75) is 51.5 Å². The summed E-state index contributed by atoms with van der Waals surface area (Å²) >= 11 is 5.08. The van der Waals surface area contributed by atoms with Crippen LogP contribution < -0.4 is 5.73 Å². The van der Waals surface area contributed by atoms with Gasteiger partial charge < -0.3 is 5.73 Å². The third-order valence-corrected chi connectivity index (χ3v) is 4.75. The summed E-state index contributed by atoms with van der Waals surface area (Å²) in [7, 11) is 0. The molecule has 1 saturated carbocycles. The van der Waals surface area contributed by atoms with E-state index in [1.165, 1.54) is 45.1 Å². The van der Waals surface area contributed by atoms with Crippen LogP contribution in [0.1, 0.15) is 45.4 Å². The molecular formula is C13H24N2S. The van der Waals surface area contributed by atoms with E-state index in [0.29, 0.717) is 10.9 Å². The fourth-order valence-electron chi connectivity index (χ4n) is 3.40. The van der Waals surface area contributed by atoms with Crippen LogP contribution >= 0.6 is 12.2 Å². The molecule has 0 spiro atoms. The second kappa shape index (κ2) is 5.46. The molecule has 1 heterocycles. The lowest BCUT2D eigenvalue weighted by Gasteiger charge is -2.45. The average Bonchev–Trinajstić information content (AvgIpc) is 2.29. The van der Waals surface area contributed by atoms with Crippen LogP contribution in [0.25, 0.3) is 0 Å². The minimum Gasteiger partial charge on any atom is -0.393 e. The Hall–Kier alpha value is -0.150. The second-order valence-corrected chi connectivity index (χ2v) is 6.02. The molecule has 3 heteroatoms. The minimum atomic E-state index is 0.371. The van der Waals surface area contributed by atoms with E-state index in [-0.39, 0.29) is 0 Å². The molecule has 2 rings (SSSR count). The predicted molar refractivity (Wildman–Crippen MR) is 72.5 cm³/mol. The van der Waals surface area contributed by atoms with Gasteiger partial charge in [0.2, 0.25) is 0 Å². The molecule has 92 valence electrons. The number of thiocarbonyl (C=S) groups is 1. The highest BCUT2D eigenvalue weighted by Gasteiger charge is 2.33. The third kappa shape index (κ3) is 2.75. The first-order valence-corrected chi connectivity index (χ1v) is 7.12. The standard InChI is InChI=1S/C13H24N2S/c1-10(13(14)16)9-15-8-4-6-11-5-2-3-7-12(11)15/h10-12H,2-9H2,1H3,(H2,14,16)/t10?,11-,12-/m1/s1. The van der Waals surface area contributed by atoms with Gasteiger partial charge in [0.1, 0.15) is 0 Å². The van der Waals surface area contributed by atoms with Crippen molar-refractivity contribution in [2.75, 3.05) is 13.1 Å². The maximum Gasteiger partial charge on any atom is 0.0768 e. The quantitative estimate of drug-likeness (QED) is 0.769. The van der Waals surface area contributed by atoms with Crippen molar-refractivity contribution < 1.29 is 0 Å². The van der Waals surface area contributed by atoms with Gasteiger partial charge in [-0.05, 0) is 38.1 Å². The summed E-state index contributed by atoms with van der Waals surface area (Å²) in [6, 6.07) is 0.833. The molecule has 0 aromatic rings. The Morgan fingerprint density at radius 3 is 2.75 bits per heavy atom. The van der Waals surface area contributed by atoms with Gasteiger partial charge in [-0.3, -0.25) is 4.90 Å². The van der Waals surface area contributed by atoms with Crippen LogP contribution in [0, 0.1) is 11.8 Å². The van der Waals surface area contributed by atoms with Gasteiger partial charge in [-0.15, -0.1) is 0 Å². The van der Waals surface area contributed by atoms with Gasteiger partial charge in [0, 0.05) is 18.5 Å². The van der Waals surface area contributed by atoms with E-state index in [4.69, 9.17) is 18.0 Å². The first kappa shape index (κ1) is 12.3. The molecule has 1 aliphatic carbocycles. The fraction of sp³-hybridized carbons (Fsp3) is 0.923. The maximum atomic E-state index is 5.73. The second-order valence-electron chi connectivity index (χ2n) is 5.55. The van der Waals surface area contributed by atoms with E-state index in [2.05, 4.69) is 11.8 Å². The van der Waals surface area contributed by atoms with E-state index < -0.39 is 0 Å². The SMILES string of the molecule is CC(CN1CCC[C@H]2CCCC[C@H]21)C(N)=S. The Morgan fingerprint density at radius 1 is 1.31 bits per heavy atom. The molecule has 2 nitrogen and oxygen atoms in total. The van der Waals surface area contributed by atoms with Gasteiger partial charge in [-0.1, -0.05) is 32.0 Å². The number of hydrogen-bond donors (Lipinski definition) is 1. The Bertz CT molecular complexity index is 252. The molecule has 2 fully saturated rings.